The smallest absolute Gasteiger partial charge is 0.224 e. The van der Waals surface area contributed by atoms with E-state index in [0.29, 0.717) is 29.4 Å². The first-order chi connectivity index (χ1) is 15.0. The van der Waals surface area contributed by atoms with Crippen molar-refractivity contribution in [2.24, 2.45) is 0 Å². The van der Waals surface area contributed by atoms with Gasteiger partial charge < -0.3 is 14.8 Å². The molecule has 0 spiro atoms. The second-order valence-electron chi connectivity index (χ2n) is 7.31. The molecule has 6 heteroatoms. The maximum absolute atomic E-state index is 12.5. The number of pyridine rings is 1. The highest BCUT2D eigenvalue weighted by Crippen LogP contribution is 2.31. The average molecular weight is 418 g/mol. The number of carbonyl (C=O) groups is 2. The Morgan fingerprint density at radius 2 is 1.84 bits per heavy atom. The Morgan fingerprint density at radius 3 is 2.58 bits per heavy atom. The molecule has 0 bridgehead atoms. The van der Waals surface area contributed by atoms with Crippen LogP contribution in [0.4, 0.5) is 5.69 Å². The zero-order valence-electron chi connectivity index (χ0n) is 18.0. The minimum Gasteiger partial charge on any atom is -0.493 e. The zero-order chi connectivity index (χ0) is 22.2. The van der Waals surface area contributed by atoms with Gasteiger partial charge in [0.25, 0.3) is 0 Å². The molecule has 3 rings (SSSR count). The quantitative estimate of drug-likeness (QED) is 0.501. The topological polar surface area (TPSA) is 77.5 Å². The van der Waals surface area contributed by atoms with Crippen molar-refractivity contribution in [3.63, 3.8) is 0 Å². The highest BCUT2D eigenvalue weighted by molar-refractivity contribution is 6.01. The van der Waals surface area contributed by atoms with Gasteiger partial charge in [-0.15, -0.1) is 0 Å². The number of nitrogens with zero attached hydrogens (tertiary/aromatic N) is 1. The molecule has 0 fully saturated rings. The van der Waals surface area contributed by atoms with Gasteiger partial charge in [0.1, 0.15) is 6.61 Å². The molecule has 0 atom stereocenters. The fourth-order valence-electron chi connectivity index (χ4n) is 3.13. The lowest BCUT2D eigenvalue weighted by Gasteiger charge is -2.13. The number of aromatic nitrogens is 1. The summed E-state index contributed by atoms with van der Waals surface area (Å²) >= 11 is 0. The number of benzene rings is 2. The number of anilines is 1. The van der Waals surface area contributed by atoms with E-state index in [9.17, 15) is 9.59 Å². The second kappa shape index (κ2) is 10.4. The summed E-state index contributed by atoms with van der Waals surface area (Å²) in [5.74, 6) is 0.802. The van der Waals surface area contributed by atoms with Gasteiger partial charge in [-0.05, 0) is 43.7 Å². The fraction of sp³-hybridized carbons (Fsp3) is 0.240. The number of hydrogen-bond donors (Lipinski definition) is 1. The van der Waals surface area contributed by atoms with Gasteiger partial charge in [0.15, 0.2) is 17.3 Å². The Hall–Kier alpha value is -3.67. The van der Waals surface area contributed by atoms with Crippen LogP contribution < -0.4 is 14.8 Å². The van der Waals surface area contributed by atoms with Crippen molar-refractivity contribution >= 4 is 17.4 Å². The predicted molar refractivity (Wildman–Crippen MR) is 120 cm³/mol. The van der Waals surface area contributed by atoms with E-state index in [1.165, 1.54) is 0 Å². The van der Waals surface area contributed by atoms with Crippen LogP contribution in [0.5, 0.6) is 11.5 Å². The molecule has 0 unspecified atom stereocenters. The van der Waals surface area contributed by atoms with Crippen LogP contribution >= 0.6 is 0 Å². The van der Waals surface area contributed by atoms with E-state index in [-0.39, 0.29) is 24.5 Å². The van der Waals surface area contributed by atoms with Crippen molar-refractivity contribution < 1.29 is 19.1 Å². The first kappa shape index (κ1) is 22.0. The summed E-state index contributed by atoms with van der Waals surface area (Å²) in [6.45, 7) is 4.17. The molecule has 1 amide bonds. The lowest BCUT2D eigenvalue weighted by molar-refractivity contribution is -0.116. The van der Waals surface area contributed by atoms with Crippen molar-refractivity contribution in [1.29, 1.82) is 0 Å². The SMILES string of the molecule is COc1ccc(NC(=O)CCC(=O)c2cc(C)ccc2C)cc1OCc1cccnc1. The standard InChI is InChI=1S/C25H26N2O4/c1-17-6-7-18(2)21(13-17)22(28)9-11-25(29)27-20-8-10-23(30-3)24(14-20)31-16-19-5-4-12-26-15-19/h4-8,10,12-15H,9,11,16H2,1-3H3,(H,27,29). The van der Waals surface area contributed by atoms with E-state index in [1.807, 2.05) is 44.2 Å². The van der Waals surface area contributed by atoms with Crippen LogP contribution in [0.3, 0.4) is 0 Å². The monoisotopic (exact) mass is 418 g/mol. The van der Waals surface area contributed by atoms with Gasteiger partial charge in [-0.2, -0.15) is 0 Å². The third-order valence-corrected chi connectivity index (χ3v) is 4.84. The number of nitrogens with one attached hydrogen (secondary N) is 1. The molecule has 31 heavy (non-hydrogen) atoms. The normalized spacial score (nSPS) is 10.4. The zero-order valence-corrected chi connectivity index (χ0v) is 18.0. The third-order valence-electron chi connectivity index (χ3n) is 4.84. The molecule has 0 radical (unpaired) electrons. The van der Waals surface area contributed by atoms with Crippen LogP contribution in [-0.4, -0.2) is 23.8 Å². The summed E-state index contributed by atoms with van der Waals surface area (Å²) < 4.78 is 11.2. The van der Waals surface area contributed by atoms with E-state index < -0.39 is 0 Å². The number of Topliss-reactive ketones (excluding diaryl/α,β-unsaturated/α-hetero) is 1. The highest BCUT2D eigenvalue weighted by atomic mass is 16.5. The minimum absolute atomic E-state index is 0.0356. The number of methoxy groups -OCH3 is 1. The molecule has 0 saturated carbocycles. The van der Waals surface area contributed by atoms with Crippen LogP contribution in [-0.2, 0) is 11.4 Å². The molecule has 6 nitrogen and oxygen atoms in total. The average Bonchev–Trinajstić information content (AvgIpc) is 2.78. The largest absolute Gasteiger partial charge is 0.493 e. The summed E-state index contributed by atoms with van der Waals surface area (Å²) in [4.78, 5) is 29.0. The molecule has 1 heterocycles. The van der Waals surface area contributed by atoms with Gasteiger partial charge in [0.05, 0.1) is 7.11 Å². The van der Waals surface area contributed by atoms with Gasteiger partial charge in [-0.1, -0.05) is 23.8 Å². The van der Waals surface area contributed by atoms with Crippen LogP contribution in [0.25, 0.3) is 0 Å². The number of rotatable bonds is 9. The molecular formula is C25H26N2O4. The van der Waals surface area contributed by atoms with Crippen molar-refractivity contribution in [3.8, 4) is 11.5 Å². The maximum atomic E-state index is 12.5. The molecule has 160 valence electrons. The van der Waals surface area contributed by atoms with Crippen LogP contribution in [0.2, 0.25) is 0 Å². The van der Waals surface area contributed by atoms with Gasteiger partial charge in [-0.3, -0.25) is 14.6 Å². The first-order valence-corrected chi connectivity index (χ1v) is 10.1. The Kier molecular flexibility index (Phi) is 7.38. The maximum Gasteiger partial charge on any atom is 0.224 e. The first-order valence-electron chi connectivity index (χ1n) is 10.1. The highest BCUT2D eigenvalue weighted by Gasteiger charge is 2.13. The molecule has 0 saturated heterocycles. The Bertz CT molecular complexity index is 1060. The van der Waals surface area contributed by atoms with E-state index in [1.54, 1.807) is 37.7 Å². The van der Waals surface area contributed by atoms with E-state index >= 15 is 0 Å². The molecular weight excluding hydrogens is 392 g/mol. The third kappa shape index (κ3) is 6.15. The number of carbonyl (C=O) groups excluding carboxylic acids is 2. The van der Waals surface area contributed by atoms with Crippen LogP contribution in [0, 0.1) is 13.8 Å². The molecule has 3 aromatic rings. The Labute approximate surface area is 182 Å². The molecule has 0 aliphatic heterocycles. The van der Waals surface area contributed by atoms with Gasteiger partial charge >= 0.3 is 0 Å². The van der Waals surface area contributed by atoms with Crippen molar-refractivity contribution in [2.45, 2.75) is 33.3 Å². The van der Waals surface area contributed by atoms with Gasteiger partial charge in [-0.25, -0.2) is 0 Å². The number of amides is 1. The number of ketones is 1. The molecule has 1 aromatic heterocycles. The summed E-state index contributed by atoms with van der Waals surface area (Å²) in [5, 5.41) is 2.83. The summed E-state index contributed by atoms with van der Waals surface area (Å²) in [7, 11) is 1.56. The Morgan fingerprint density at radius 1 is 1.00 bits per heavy atom. The minimum atomic E-state index is -0.234. The molecule has 1 N–H and O–H groups in total. The van der Waals surface area contributed by atoms with Gasteiger partial charge in [0.2, 0.25) is 5.91 Å². The lowest BCUT2D eigenvalue weighted by Crippen LogP contribution is -2.14. The lowest BCUT2D eigenvalue weighted by atomic mass is 9.99. The molecule has 2 aromatic carbocycles. The Balaban J connectivity index is 1.60. The molecule has 0 aliphatic carbocycles. The number of ether oxygens (including phenoxy) is 2. The predicted octanol–water partition coefficient (Wildman–Crippen LogP) is 4.89. The molecule has 0 aliphatic rings. The van der Waals surface area contributed by atoms with Crippen LogP contribution in [0.1, 0.15) is 39.9 Å². The fourth-order valence-corrected chi connectivity index (χ4v) is 3.13. The van der Waals surface area contributed by atoms with Crippen molar-refractivity contribution in [1.82, 2.24) is 4.98 Å². The van der Waals surface area contributed by atoms with E-state index in [0.717, 1.165) is 16.7 Å². The van der Waals surface area contributed by atoms with Crippen molar-refractivity contribution in [3.05, 3.63) is 83.2 Å². The van der Waals surface area contributed by atoms with E-state index in [2.05, 4.69) is 10.3 Å². The van der Waals surface area contributed by atoms with Crippen molar-refractivity contribution in [2.75, 3.05) is 12.4 Å². The second-order valence-corrected chi connectivity index (χ2v) is 7.31. The summed E-state index contributed by atoms with van der Waals surface area (Å²) in [6, 6.07) is 14.7. The summed E-state index contributed by atoms with van der Waals surface area (Å²) in [6.07, 6.45) is 3.68. The number of hydrogen-bond acceptors (Lipinski definition) is 5. The van der Waals surface area contributed by atoms with Crippen LogP contribution in [0.15, 0.2) is 60.9 Å². The summed E-state index contributed by atoms with van der Waals surface area (Å²) in [5.41, 5.74) is 4.11. The van der Waals surface area contributed by atoms with E-state index in [4.69, 9.17) is 9.47 Å². The number of aryl methyl sites for hydroxylation is 2. The van der Waals surface area contributed by atoms with Gasteiger partial charge in [0, 0.05) is 48.1 Å².